The SMILES string of the molecule is CC(=O)N1CCN(C(=O)c2cccc3cc(NC4=NCc5cccnc54)ccc23)CC1. The number of rotatable bonds is 2. The number of carbonyl (C=O) groups is 2. The minimum absolute atomic E-state index is 0.00723. The van der Waals surface area contributed by atoms with Gasteiger partial charge in [-0.1, -0.05) is 24.3 Å². The molecule has 1 saturated heterocycles. The van der Waals surface area contributed by atoms with Gasteiger partial charge >= 0.3 is 0 Å². The number of pyridine rings is 1. The molecule has 2 amide bonds. The predicted octanol–water partition coefficient (Wildman–Crippen LogP) is 2.91. The molecule has 1 fully saturated rings. The molecule has 0 radical (unpaired) electrons. The number of benzene rings is 2. The molecule has 0 spiro atoms. The van der Waals surface area contributed by atoms with Crippen LogP contribution >= 0.6 is 0 Å². The Morgan fingerprint density at radius 3 is 2.58 bits per heavy atom. The maximum Gasteiger partial charge on any atom is 0.254 e. The molecule has 0 bridgehead atoms. The van der Waals surface area contributed by atoms with Crippen molar-refractivity contribution in [3.63, 3.8) is 0 Å². The second-order valence-corrected chi connectivity index (χ2v) is 7.84. The third-order valence-corrected chi connectivity index (χ3v) is 5.91. The summed E-state index contributed by atoms with van der Waals surface area (Å²) in [6, 6.07) is 15.7. The summed E-state index contributed by atoms with van der Waals surface area (Å²) in [7, 11) is 0. The highest BCUT2D eigenvalue weighted by atomic mass is 16.2. The van der Waals surface area contributed by atoms with Gasteiger partial charge in [0, 0.05) is 56.1 Å². The summed E-state index contributed by atoms with van der Waals surface area (Å²) in [6.07, 6.45) is 1.77. The molecule has 0 atom stereocenters. The molecule has 2 aromatic carbocycles. The smallest absolute Gasteiger partial charge is 0.254 e. The molecule has 156 valence electrons. The first-order valence-electron chi connectivity index (χ1n) is 10.4. The van der Waals surface area contributed by atoms with Crippen molar-refractivity contribution in [1.82, 2.24) is 14.8 Å². The Balaban J connectivity index is 1.37. The van der Waals surface area contributed by atoms with E-state index >= 15 is 0 Å². The van der Waals surface area contributed by atoms with Crippen LogP contribution in [0.15, 0.2) is 59.7 Å². The van der Waals surface area contributed by atoms with Crippen LogP contribution in [0.4, 0.5) is 5.69 Å². The lowest BCUT2D eigenvalue weighted by Gasteiger charge is -2.34. The minimum Gasteiger partial charge on any atom is -0.339 e. The van der Waals surface area contributed by atoms with Crippen molar-refractivity contribution >= 4 is 34.1 Å². The maximum atomic E-state index is 13.2. The van der Waals surface area contributed by atoms with E-state index in [-0.39, 0.29) is 11.8 Å². The van der Waals surface area contributed by atoms with E-state index < -0.39 is 0 Å². The first kappa shape index (κ1) is 19.2. The van der Waals surface area contributed by atoms with Gasteiger partial charge < -0.3 is 15.1 Å². The number of nitrogens with one attached hydrogen (secondary N) is 1. The van der Waals surface area contributed by atoms with Crippen LogP contribution in [0.5, 0.6) is 0 Å². The standard InChI is InChI=1S/C24H23N5O2/c1-16(30)28-10-12-29(13-11-28)24(31)21-6-2-4-17-14-19(7-8-20(17)21)27-23-22-18(15-26-23)5-3-9-25-22/h2-9,14H,10-13,15H2,1H3,(H,26,27). The Labute approximate surface area is 180 Å². The van der Waals surface area contributed by atoms with Gasteiger partial charge in [-0.2, -0.15) is 0 Å². The van der Waals surface area contributed by atoms with E-state index in [9.17, 15) is 9.59 Å². The van der Waals surface area contributed by atoms with Crippen LogP contribution in [-0.4, -0.2) is 58.6 Å². The molecule has 1 N–H and O–H groups in total. The molecule has 7 heteroatoms. The van der Waals surface area contributed by atoms with Crippen LogP contribution in [-0.2, 0) is 11.3 Å². The van der Waals surface area contributed by atoms with Crippen molar-refractivity contribution in [3.8, 4) is 0 Å². The number of piperazine rings is 1. The molecular weight excluding hydrogens is 390 g/mol. The second-order valence-electron chi connectivity index (χ2n) is 7.84. The van der Waals surface area contributed by atoms with E-state index in [1.807, 2.05) is 53.4 Å². The lowest BCUT2D eigenvalue weighted by atomic mass is 10.0. The molecule has 0 aliphatic carbocycles. The number of carbonyl (C=O) groups excluding carboxylic acids is 2. The number of amidine groups is 1. The zero-order chi connectivity index (χ0) is 21.4. The number of amides is 2. The second kappa shape index (κ2) is 7.83. The first-order chi connectivity index (χ1) is 15.1. The van der Waals surface area contributed by atoms with E-state index in [0.717, 1.165) is 33.6 Å². The first-order valence-corrected chi connectivity index (χ1v) is 10.4. The maximum absolute atomic E-state index is 13.2. The van der Waals surface area contributed by atoms with E-state index in [1.54, 1.807) is 18.0 Å². The zero-order valence-electron chi connectivity index (χ0n) is 17.3. The van der Waals surface area contributed by atoms with Crippen LogP contribution in [0.3, 0.4) is 0 Å². The average Bonchev–Trinajstić information content (AvgIpc) is 3.21. The Hall–Kier alpha value is -3.74. The third-order valence-electron chi connectivity index (χ3n) is 5.91. The van der Waals surface area contributed by atoms with Crippen molar-refractivity contribution in [3.05, 3.63) is 71.5 Å². The monoisotopic (exact) mass is 413 g/mol. The quantitative estimate of drug-likeness (QED) is 0.701. The highest BCUT2D eigenvalue weighted by Crippen LogP contribution is 2.26. The van der Waals surface area contributed by atoms with Gasteiger partial charge in [0.1, 0.15) is 5.69 Å². The average molecular weight is 413 g/mol. The van der Waals surface area contributed by atoms with Crippen LogP contribution in [0.1, 0.15) is 28.5 Å². The molecule has 2 aliphatic rings. The Kier molecular flexibility index (Phi) is 4.86. The molecule has 0 saturated carbocycles. The normalized spacial score (nSPS) is 15.6. The Morgan fingerprint density at radius 1 is 0.968 bits per heavy atom. The van der Waals surface area contributed by atoms with E-state index in [2.05, 4.69) is 15.3 Å². The van der Waals surface area contributed by atoms with Gasteiger partial charge in [0.25, 0.3) is 5.91 Å². The summed E-state index contributed by atoms with van der Waals surface area (Å²) < 4.78 is 0. The summed E-state index contributed by atoms with van der Waals surface area (Å²) in [5.41, 5.74) is 3.59. The molecule has 2 aliphatic heterocycles. The van der Waals surface area contributed by atoms with Crippen LogP contribution < -0.4 is 5.32 Å². The van der Waals surface area contributed by atoms with Crippen molar-refractivity contribution in [2.75, 3.05) is 31.5 Å². The predicted molar refractivity (Wildman–Crippen MR) is 120 cm³/mol. The van der Waals surface area contributed by atoms with Crippen LogP contribution in [0.25, 0.3) is 10.8 Å². The topological polar surface area (TPSA) is 77.9 Å². The van der Waals surface area contributed by atoms with Crippen molar-refractivity contribution in [2.45, 2.75) is 13.5 Å². The number of aliphatic imine (C=N–C) groups is 1. The molecule has 7 nitrogen and oxygen atoms in total. The van der Waals surface area contributed by atoms with Crippen LogP contribution in [0, 0.1) is 0 Å². The molecule has 3 aromatic rings. The largest absolute Gasteiger partial charge is 0.339 e. The third kappa shape index (κ3) is 3.63. The van der Waals surface area contributed by atoms with Crippen molar-refractivity contribution in [1.29, 1.82) is 0 Å². The van der Waals surface area contributed by atoms with Gasteiger partial charge in [-0.15, -0.1) is 0 Å². The number of nitrogens with zero attached hydrogens (tertiary/aromatic N) is 4. The number of anilines is 1. The lowest BCUT2D eigenvalue weighted by Crippen LogP contribution is -2.50. The lowest BCUT2D eigenvalue weighted by molar-refractivity contribution is -0.130. The Morgan fingerprint density at radius 2 is 1.77 bits per heavy atom. The summed E-state index contributed by atoms with van der Waals surface area (Å²) in [4.78, 5) is 37.3. The summed E-state index contributed by atoms with van der Waals surface area (Å²) in [5.74, 6) is 0.834. The number of aromatic nitrogens is 1. The van der Waals surface area contributed by atoms with Gasteiger partial charge in [-0.25, -0.2) is 0 Å². The molecule has 5 rings (SSSR count). The van der Waals surface area contributed by atoms with E-state index in [0.29, 0.717) is 38.3 Å². The highest BCUT2D eigenvalue weighted by Gasteiger charge is 2.24. The molecular formula is C24H23N5O2. The fourth-order valence-electron chi connectivity index (χ4n) is 4.20. The number of hydrogen-bond acceptors (Lipinski definition) is 5. The number of hydrogen-bond donors (Lipinski definition) is 1. The highest BCUT2D eigenvalue weighted by molar-refractivity contribution is 6.11. The van der Waals surface area contributed by atoms with Gasteiger partial charge in [-0.3, -0.25) is 19.6 Å². The van der Waals surface area contributed by atoms with Gasteiger partial charge in [0.2, 0.25) is 5.91 Å². The molecule has 0 unspecified atom stereocenters. The van der Waals surface area contributed by atoms with Gasteiger partial charge in [0.15, 0.2) is 5.84 Å². The van der Waals surface area contributed by atoms with Crippen molar-refractivity contribution in [2.24, 2.45) is 4.99 Å². The summed E-state index contributed by atoms with van der Waals surface area (Å²) in [5, 5.41) is 5.27. The van der Waals surface area contributed by atoms with Gasteiger partial charge in [0.05, 0.1) is 6.54 Å². The van der Waals surface area contributed by atoms with E-state index in [1.165, 1.54) is 0 Å². The number of fused-ring (bicyclic) bond motifs is 2. The van der Waals surface area contributed by atoms with Crippen LogP contribution in [0.2, 0.25) is 0 Å². The minimum atomic E-state index is 0.00723. The summed E-state index contributed by atoms with van der Waals surface area (Å²) in [6.45, 7) is 4.48. The fourth-order valence-corrected chi connectivity index (χ4v) is 4.20. The molecule has 3 heterocycles. The fraction of sp³-hybridized carbons (Fsp3) is 0.250. The molecule has 1 aromatic heterocycles. The molecule has 31 heavy (non-hydrogen) atoms. The van der Waals surface area contributed by atoms with E-state index in [4.69, 9.17) is 0 Å². The van der Waals surface area contributed by atoms with Crippen molar-refractivity contribution < 1.29 is 9.59 Å². The zero-order valence-corrected chi connectivity index (χ0v) is 17.3. The summed E-state index contributed by atoms with van der Waals surface area (Å²) >= 11 is 0. The Bertz CT molecular complexity index is 1210. The van der Waals surface area contributed by atoms with Gasteiger partial charge in [-0.05, 0) is 35.0 Å².